The van der Waals surface area contributed by atoms with Gasteiger partial charge in [0.25, 0.3) is 0 Å². The number of carboxylic acid groups (broad SMARTS) is 1. The second-order valence-corrected chi connectivity index (χ2v) is 4.95. The maximum Gasteiger partial charge on any atom is 0.339 e. The van der Waals surface area contributed by atoms with Crippen molar-refractivity contribution in [1.82, 2.24) is 4.90 Å². The van der Waals surface area contributed by atoms with Gasteiger partial charge in [0, 0.05) is 18.1 Å². The number of nitrogens with zero attached hydrogens (tertiary/aromatic N) is 1. The molecule has 0 radical (unpaired) electrons. The number of hydrogen-bond acceptors (Lipinski definition) is 4. The van der Waals surface area contributed by atoms with Crippen molar-refractivity contribution in [1.29, 1.82) is 0 Å². The Morgan fingerprint density at radius 2 is 2.42 bits per heavy atom. The summed E-state index contributed by atoms with van der Waals surface area (Å²) in [7, 11) is 2.01. The number of aromatic carboxylic acids is 1. The van der Waals surface area contributed by atoms with Crippen LogP contribution in [0.2, 0.25) is 5.02 Å². The first kappa shape index (κ1) is 14.1. The van der Waals surface area contributed by atoms with Gasteiger partial charge in [0.05, 0.1) is 6.61 Å². The van der Waals surface area contributed by atoms with E-state index in [0.717, 1.165) is 13.1 Å². The Morgan fingerprint density at radius 3 is 3.11 bits per heavy atom. The van der Waals surface area contributed by atoms with Crippen molar-refractivity contribution in [3.05, 3.63) is 28.8 Å². The summed E-state index contributed by atoms with van der Waals surface area (Å²) in [5.41, 5.74) is 0.105. The minimum absolute atomic E-state index is 0.0561. The van der Waals surface area contributed by atoms with Gasteiger partial charge >= 0.3 is 5.97 Å². The summed E-state index contributed by atoms with van der Waals surface area (Å²) in [6.07, 6.45) is -0.0561. The van der Waals surface area contributed by atoms with E-state index in [-0.39, 0.29) is 17.4 Å². The van der Waals surface area contributed by atoms with E-state index in [9.17, 15) is 4.79 Å². The first-order valence-corrected chi connectivity index (χ1v) is 6.40. The first-order chi connectivity index (χ1) is 9.06. The van der Waals surface area contributed by atoms with Crippen LogP contribution in [0.4, 0.5) is 0 Å². The van der Waals surface area contributed by atoms with Crippen LogP contribution in [0.5, 0.6) is 5.75 Å². The fourth-order valence-electron chi connectivity index (χ4n) is 1.94. The molecule has 6 heteroatoms. The number of benzene rings is 1. The summed E-state index contributed by atoms with van der Waals surface area (Å²) in [6.45, 7) is 2.63. The second kappa shape index (κ2) is 6.23. The van der Waals surface area contributed by atoms with Crippen molar-refractivity contribution in [3.8, 4) is 5.75 Å². The van der Waals surface area contributed by atoms with Crippen molar-refractivity contribution >= 4 is 17.6 Å². The van der Waals surface area contributed by atoms with Crippen LogP contribution >= 0.6 is 11.6 Å². The molecular weight excluding hydrogens is 270 g/mol. The number of carboxylic acids is 1. The molecule has 1 unspecified atom stereocenters. The maximum atomic E-state index is 11.1. The molecule has 1 aromatic carbocycles. The van der Waals surface area contributed by atoms with Gasteiger partial charge in [0.2, 0.25) is 0 Å². The van der Waals surface area contributed by atoms with E-state index >= 15 is 0 Å². The van der Waals surface area contributed by atoms with Gasteiger partial charge in [-0.3, -0.25) is 0 Å². The third-order valence-electron chi connectivity index (χ3n) is 2.94. The molecule has 1 atom stereocenters. The molecule has 0 aliphatic carbocycles. The van der Waals surface area contributed by atoms with Crippen LogP contribution in [-0.2, 0) is 4.74 Å². The Kier molecular flexibility index (Phi) is 4.63. The van der Waals surface area contributed by atoms with Crippen LogP contribution in [0.3, 0.4) is 0 Å². The molecule has 0 amide bonds. The van der Waals surface area contributed by atoms with Gasteiger partial charge in [-0.15, -0.1) is 0 Å². The normalized spacial score (nSPS) is 20.2. The lowest BCUT2D eigenvalue weighted by Crippen LogP contribution is -2.42. The Bertz CT molecular complexity index is 466. The SMILES string of the molecule is CN1CCOC(COc2cc(Cl)ccc2C(=O)O)C1. The van der Waals surface area contributed by atoms with Gasteiger partial charge in [-0.1, -0.05) is 11.6 Å². The summed E-state index contributed by atoms with van der Waals surface area (Å²) in [5, 5.41) is 9.52. The minimum Gasteiger partial charge on any atom is -0.490 e. The Morgan fingerprint density at radius 1 is 1.63 bits per heavy atom. The predicted octanol–water partition coefficient (Wildman–Crippen LogP) is 1.75. The van der Waals surface area contributed by atoms with Crippen LogP contribution in [0, 0.1) is 0 Å². The van der Waals surface area contributed by atoms with E-state index in [1.54, 1.807) is 0 Å². The molecule has 0 saturated carbocycles. The zero-order chi connectivity index (χ0) is 13.8. The molecule has 1 aliphatic heterocycles. The van der Waals surface area contributed by atoms with Crippen molar-refractivity contribution < 1.29 is 19.4 Å². The molecule has 104 valence electrons. The fourth-order valence-corrected chi connectivity index (χ4v) is 2.10. The molecule has 1 saturated heterocycles. The smallest absolute Gasteiger partial charge is 0.339 e. The highest BCUT2D eigenvalue weighted by atomic mass is 35.5. The van der Waals surface area contributed by atoms with E-state index in [4.69, 9.17) is 26.2 Å². The highest BCUT2D eigenvalue weighted by molar-refractivity contribution is 6.30. The number of likely N-dealkylation sites (N-methyl/N-ethyl adjacent to an activating group) is 1. The highest BCUT2D eigenvalue weighted by Gasteiger charge is 2.19. The average molecular weight is 286 g/mol. The summed E-state index contributed by atoms with van der Waals surface area (Å²) in [4.78, 5) is 13.2. The van der Waals surface area contributed by atoms with Crippen molar-refractivity contribution in [2.45, 2.75) is 6.10 Å². The van der Waals surface area contributed by atoms with Gasteiger partial charge in [-0.25, -0.2) is 4.79 Å². The van der Waals surface area contributed by atoms with Crippen molar-refractivity contribution in [2.75, 3.05) is 33.4 Å². The number of carbonyl (C=O) groups is 1. The first-order valence-electron chi connectivity index (χ1n) is 6.02. The quantitative estimate of drug-likeness (QED) is 0.913. The van der Waals surface area contributed by atoms with Crippen LogP contribution < -0.4 is 4.74 Å². The largest absolute Gasteiger partial charge is 0.490 e. The van der Waals surface area contributed by atoms with Gasteiger partial charge in [0.1, 0.15) is 24.0 Å². The van der Waals surface area contributed by atoms with Crippen molar-refractivity contribution in [2.24, 2.45) is 0 Å². The number of rotatable bonds is 4. The van der Waals surface area contributed by atoms with E-state index in [1.807, 2.05) is 7.05 Å². The number of ether oxygens (including phenoxy) is 2. The van der Waals surface area contributed by atoms with Gasteiger partial charge in [-0.2, -0.15) is 0 Å². The van der Waals surface area contributed by atoms with Gasteiger partial charge in [0.15, 0.2) is 0 Å². The third-order valence-corrected chi connectivity index (χ3v) is 3.18. The van der Waals surface area contributed by atoms with Crippen LogP contribution in [0.25, 0.3) is 0 Å². The molecule has 1 heterocycles. The van der Waals surface area contributed by atoms with E-state index in [2.05, 4.69) is 4.90 Å². The maximum absolute atomic E-state index is 11.1. The van der Waals surface area contributed by atoms with Crippen LogP contribution in [0.15, 0.2) is 18.2 Å². The molecule has 1 aliphatic rings. The van der Waals surface area contributed by atoms with Gasteiger partial charge < -0.3 is 19.5 Å². The number of morpholine rings is 1. The lowest BCUT2D eigenvalue weighted by Gasteiger charge is -2.29. The summed E-state index contributed by atoms with van der Waals surface area (Å²) >= 11 is 5.85. The molecule has 0 bridgehead atoms. The van der Waals surface area contributed by atoms with Crippen molar-refractivity contribution in [3.63, 3.8) is 0 Å². The Hall–Kier alpha value is -1.30. The third kappa shape index (κ3) is 3.83. The zero-order valence-electron chi connectivity index (χ0n) is 10.6. The predicted molar refractivity (Wildman–Crippen MR) is 71.1 cm³/mol. The van der Waals surface area contributed by atoms with E-state index in [0.29, 0.717) is 18.2 Å². The molecule has 0 aromatic heterocycles. The molecule has 1 aromatic rings. The fraction of sp³-hybridized carbons (Fsp3) is 0.462. The second-order valence-electron chi connectivity index (χ2n) is 4.51. The summed E-state index contributed by atoms with van der Waals surface area (Å²) in [5.74, 6) is -0.759. The summed E-state index contributed by atoms with van der Waals surface area (Å²) < 4.78 is 11.1. The monoisotopic (exact) mass is 285 g/mol. The number of halogens is 1. The standard InChI is InChI=1S/C13H16ClNO4/c1-15-4-5-18-10(7-15)8-19-12-6-9(14)2-3-11(12)13(16)17/h2-3,6,10H,4-5,7-8H2,1H3,(H,16,17). The highest BCUT2D eigenvalue weighted by Crippen LogP contribution is 2.24. The van der Waals surface area contributed by atoms with Crippen LogP contribution in [-0.4, -0.2) is 55.4 Å². The summed E-state index contributed by atoms with van der Waals surface area (Å²) in [6, 6.07) is 4.48. The van der Waals surface area contributed by atoms with E-state index in [1.165, 1.54) is 18.2 Å². The molecule has 5 nitrogen and oxygen atoms in total. The number of hydrogen-bond donors (Lipinski definition) is 1. The molecular formula is C13H16ClNO4. The lowest BCUT2D eigenvalue weighted by molar-refractivity contribution is -0.0404. The zero-order valence-corrected chi connectivity index (χ0v) is 11.4. The topological polar surface area (TPSA) is 59.0 Å². The van der Waals surface area contributed by atoms with E-state index < -0.39 is 5.97 Å². The molecule has 1 fully saturated rings. The lowest BCUT2D eigenvalue weighted by atomic mass is 10.2. The molecule has 0 spiro atoms. The Balaban J connectivity index is 2.02. The Labute approximate surface area is 116 Å². The molecule has 1 N–H and O–H groups in total. The molecule has 2 rings (SSSR count). The van der Waals surface area contributed by atoms with Crippen LogP contribution in [0.1, 0.15) is 10.4 Å². The molecule has 19 heavy (non-hydrogen) atoms. The van der Waals surface area contributed by atoms with Gasteiger partial charge in [-0.05, 0) is 25.2 Å². The minimum atomic E-state index is -1.03. The average Bonchev–Trinajstić information content (AvgIpc) is 2.36.